The summed E-state index contributed by atoms with van der Waals surface area (Å²) in [5.41, 5.74) is 0.277. The van der Waals surface area contributed by atoms with Crippen molar-refractivity contribution in [2.75, 3.05) is 23.3 Å². The zero-order chi connectivity index (χ0) is 14.8. The van der Waals surface area contributed by atoms with Gasteiger partial charge in [0, 0.05) is 17.6 Å². The Balaban J connectivity index is 1.89. The van der Waals surface area contributed by atoms with Crippen LogP contribution in [0.25, 0.3) is 0 Å². The van der Waals surface area contributed by atoms with E-state index in [0.29, 0.717) is 5.95 Å². The van der Waals surface area contributed by atoms with Gasteiger partial charge < -0.3 is 10.2 Å². The highest BCUT2D eigenvalue weighted by Crippen LogP contribution is 2.24. The lowest BCUT2D eigenvalue weighted by molar-refractivity contribution is 0.631. The van der Waals surface area contributed by atoms with Gasteiger partial charge in [-0.1, -0.05) is 15.9 Å². The number of rotatable bonds is 3. The van der Waals surface area contributed by atoms with Crippen LogP contribution in [0.3, 0.4) is 0 Å². The van der Waals surface area contributed by atoms with Crippen LogP contribution in [0.2, 0.25) is 5.28 Å². The fraction of sp³-hybridized carbons (Fsp3) is 0.308. The van der Waals surface area contributed by atoms with Gasteiger partial charge in [-0.15, -0.1) is 0 Å². The molecule has 0 atom stereocenters. The summed E-state index contributed by atoms with van der Waals surface area (Å²) >= 11 is 9.23. The minimum Gasteiger partial charge on any atom is -0.341 e. The fourth-order valence-corrected chi connectivity index (χ4v) is 2.68. The third-order valence-electron chi connectivity index (χ3n) is 3.16. The predicted molar refractivity (Wildman–Crippen MR) is 83.7 cm³/mol. The summed E-state index contributed by atoms with van der Waals surface area (Å²) in [6.45, 7) is 1.79. The van der Waals surface area contributed by atoms with Crippen molar-refractivity contribution in [3.05, 3.63) is 33.8 Å². The lowest BCUT2D eigenvalue weighted by atomic mass is 10.3. The molecule has 5 nitrogen and oxygen atoms in total. The van der Waals surface area contributed by atoms with E-state index in [1.165, 1.54) is 6.07 Å². The fourth-order valence-electron chi connectivity index (χ4n) is 2.17. The van der Waals surface area contributed by atoms with E-state index in [1.807, 2.05) is 4.90 Å². The van der Waals surface area contributed by atoms with Gasteiger partial charge in [-0.25, -0.2) is 4.39 Å². The number of anilines is 3. The molecule has 110 valence electrons. The minimum atomic E-state index is -0.391. The van der Waals surface area contributed by atoms with Gasteiger partial charge in [-0.2, -0.15) is 15.0 Å². The van der Waals surface area contributed by atoms with E-state index < -0.39 is 5.82 Å². The van der Waals surface area contributed by atoms with E-state index in [-0.39, 0.29) is 16.9 Å². The molecule has 1 fully saturated rings. The Kier molecular flexibility index (Phi) is 4.21. The number of hydrogen-bond donors (Lipinski definition) is 1. The second-order valence-corrected chi connectivity index (χ2v) is 5.93. The van der Waals surface area contributed by atoms with Crippen LogP contribution >= 0.6 is 27.5 Å². The largest absolute Gasteiger partial charge is 0.341 e. The molecule has 1 aromatic heterocycles. The van der Waals surface area contributed by atoms with Gasteiger partial charge in [-0.3, -0.25) is 0 Å². The summed E-state index contributed by atoms with van der Waals surface area (Å²) < 4.78 is 14.5. The molecule has 1 aromatic carbocycles. The molecule has 0 unspecified atom stereocenters. The highest BCUT2D eigenvalue weighted by Gasteiger charge is 2.17. The third kappa shape index (κ3) is 3.41. The van der Waals surface area contributed by atoms with E-state index in [4.69, 9.17) is 11.6 Å². The van der Waals surface area contributed by atoms with Gasteiger partial charge in [0.1, 0.15) is 5.82 Å². The first-order valence-electron chi connectivity index (χ1n) is 6.50. The smallest absolute Gasteiger partial charge is 0.233 e. The molecule has 0 aliphatic carbocycles. The number of hydrogen-bond acceptors (Lipinski definition) is 5. The van der Waals surface area contributed by atoms with Gasteiger partial charge in [0.05, 0.1) is 5.69 Å². The van der Waals surface area contributed by atoms with Crippen LogP contribution in [0.4, 0.5) is 22.0 Å². The first kappa shape index (κ1) is 14.5. The molecule has 1 N–H and O–H groups in total. The maximum atomic E-state index is 13.8. The number of nitrogens with zero attached hydrogens (tertiary/aromatic N) is 4. The maximum Gasteiger partial charge on any atom is 0.233 e. The van der Waals surface area contributed by atoms with Crippen LogP contribution in [0.1, 0.15) is 12.8 Å². The SMILES string of the molecule is Fc1ccc(Br)cc1Nc1nc(Cl)nc(N2CCCC2)n1. The van der Waals surface area contributed by atoms with Crippen molar-refractivity contribution in [2.24, 2.45) is 0 Å². The summed E-state index contributed by atoms with van der Waals surface area (Å²) in [5.74, 6) is 0.358. The molecular formula is C13H12BrClFN5. The number of halogens is 3. The van der Waals surface area contributed by atoms with E-state index in [0.717, 1.165) is 30.4 Å². The summed E-state index contributed by atoms with van der Waals surface area (Å²) in [5, 5.41) is 2.93. The molecule has 0 amide bonds. The van der Waals surface area contributed by atoms with Gasteiger partial charge >= 0.3 is 0 Å². The molecule has 1 saturated heterocycles. The van der Waals surface area contributed by atoms with E-state index in [2.05, 4.69) is 36.2 Å². The van der Waals surface area contributed by atoms with E-state index in [1.54, 1.807) is 12.1 Å². The van der Waals surface area contributed by atoms with Crippen LogP contribution < -0.4 is 10.2 Å². The molecule has 0 saturated carbocycles. The van der Waals surface area contributed by atoms with E-state index >= 15 is 0 Å². The van der Waals surface area contributed by atoms with Crippen LogP contribution in [-0.4, -0.2) is 28.0 Å². The van der Waals surface area contributed by atoms with E-state index in [9.17, 15) is 4.39 Å². The number of nitrogens with one attached hydrogen (secondary N) is 1. The zero-order valence-electron chi connectivity index (χ0n) is 11.0. The molecule has 3 rings (SSSR count). The maximum absolute atomic E-state index is 13.8. The molecule has 0 spiro atoms. The second-order valence-electron chi connectivity index (χ2n) is 4.67. The number of benzene rings is 1. The molecule has 2 heterocycles. The summed E-state index contributed by atoms with van der Waals surface area (Å²) in [4.78, 5) is 14.5. The van der Waals surface area contributed by atoms with Gasteiger partial charge in [0.2, 0.25) is 17.2 Å². The normalized spacial score (nSPS) is 14.5. The Hall–Kier alpha value is -1.47. The Bertz CT molecular complexity index is 663. The van der Waals surface area contributed by atoms with Crippen molar-refractivity contribution >= 4 is 45.1 Å². The molecule has 0 radical (unpaired) electrons. The van der Waals surface area contributed by atoms with Gasteiger partial charge in [-0.05, 0) is 42.6 Å². The van der Waals surface area contributed by atoms with Crippen molar-refractivity contribution in [1.82, 2.24) is 15.0 Å². The van der Waals surface area contributed by atoms with Gasteiger partial charge in [0.15, 0.2) is 0 Å². The van der Waals surface area contributed by atoms with Crippen LogP contribution in [0.5, 0.6) is 0 Å². The minimum absolute atomic E-state index is 0.0878. The van der Waals surface area contributed by atoms with Gasteiger partial charge in [0.25, 0.3) is 0 Å². The Labute approximate surface area is 134 Å². The third-order valence-corrected chi connectivity index (χ3v) is 3.82. The highest BCUT2D eigenvalue weighted by molar-refractivity contribution is 9.10. The molecule has 0 bridgehead atoms. The van der Waals surface area contributed by atoms with Crippen molar-refractivity contribution < 1.29 is 4.39 Å². The average Bonchev–Trinajstić information content (AvgIpc) is 2.96. The van der Waals surface area contributed by atoms with Crippen LogP contribution in [0, 0.1) is 5.82 Å². The quantitative estimate of drug-likeness (QED) is 0.889. The van der Waals surface area contributed by atoms with Crippen molar-refractivity contribution in [3.63, 3.8) is 0 Å². The van der Waals surface area contributed by atoms with Crippen molar-refractivity contribution in [2.45, 2.75) is 12.8 Å². The molecule has 8 heteroatoms. The first-order valence-corrected chi connectivity index (χ1v) is 7.67. The molecule has 2 aromatic rings. The second kappa shape index (κ2) is 6.11. The van der Waals surface area contributed by atoms with Crippen LogP contribution in [-0.2, 0) is 0 Å². The van der Waals surface area contributed by atoms with Crippen molar-refractivity contribution in [3.8, 4) is 0 Å². The van der Waals surface area contributed by atoms with Crippen LogP contribution in [0.15, 0.2) is 22.7 Å². The van der Waals surface area contributed by atoms with Crippen molar-refractivity contribution in [1.29, 1.82) is 0 Å². The Morgan fingerprint density at radius 2 is 1.95 bits per heavy atom. The molecule has 1 aliphatic heterocycles. The Morgan fingerprint density at radius 1 is 1.19 bits per heavy atom. The summed E-state index contributed by atoms with van der Waals surface area (Å²) in [6, 6.07) is 4.59. The topological polar surface area (TPSA) is 53.9 Å². The number of aromatic nitrogens is 3. The lowest BCUT2D eigenvalue weighted by Crippen LogP contribution is -2.21. The summed E-state index contributed by atoms with van der Waals surface area (Å²) in [6.07, 6.45) is 2.21. The zero-order valence-corrected chi connectivity index (χ0v) is 13.3. The monoisotopic (exact) mass is 371 g/mol. The lowest BCUT2D eigenvalue weighted by Gasteiger charge is -2.16. The predicted octanol–water partition coefficient (Wildman–Crippen LogP) is 3.77. The molecule has 21 heavy (non-hydrogen) atoms. The standard InChI is InChI=1S/C13H12BrClFN5/c14-8-3-4-9(16)10(7-8)17-12-18-11(15)19-13(20-12)21-5-1-2-6-21/h3-4,7H,1-2,5-6H2,(H,17,18,19,20). The Morgan fingerprint density at radius 3 is 2.71 bits per heavy atom. The average molecular weight is 373 g/mol. The summed E-state index contributed by atoms with van der Waals surface area (Å²) in [7, 11) is 0. The first-order chi connectivity index (χ1) is 10.1. The highest BCUT2D eigenvalue weighted by atomic mass is 79.9. The molecule has 1 aliphatic rings. The molecular weight excluding hydrogens is 361 g/mol.